The highest BCUT2D eigenvalue weighted by Crippen LogP contribution is 2.18. The van der Waals surface area contributed by atoms with Gasteiger partial charge in [-0.25, -0.2) is 0 Å². The standard InChI is InChI=1S/C15H28O3Si/c1-8-10-13(3)17-15(12-16-19(5,6)7)18-14(4)11-9-2/h12H,3-4,8-11H2,1-2,5-7H3. The summed E-state index contributed by atoms with van der Waals surface area (Å²) < 4.78 is 16.9. The molecule has 0 amide bonds. The maximum atomic E-state index is 5.69. The first-order chi connectivity index (χ1) is 8.78. The smallest absolute Gasteiger partial charge is 0.324 e. The van der Waals surface area contributed by atoms with E-state index in [0.717, 1.165) is 25.7 Å². The zero-order valence-electron chi connectivity index (χ0n) is 13.0. The van der Waals surface area contributed by atoms with E-state index in [1.54, 1.807) is 6.26 Å². The van der Waals surface area contributed by atoms with Gasteiger partial charge in [0, 0.05) is 12.8 Å². The molecule has 4 heteroatoms. The summed E-state index contributed by atoms with van der Waals surface area (Å²) in [7, 11) is -1.65. The summed E-state index contributed by atoms with van der Waals surface area (Å²) in [6.45, 7) is 18.2. The third kappa shape index (κ3) is 10.4. The molecule has 0 saturated heterocycles. The van der Waals surface area contributed by atoms with Gasteiger partial charge in [0.25, 0.3) is 0 Å². The van der Waals surface area contributed by atoms with Gasteiger partial charge < -0.3 is 13.9 Å². The summed E-state index contributed by atoms with van der Waals surface area (Å²) in [6, 6.07) is 0. The fourth-order valence-corrected chi connectivity index (χ4v) is 1.69. The highest BCUT2D eigenvalue weighted by atomic mass is 28.4. The Bertz CT molecular complexity index is 305. The molecule has 0 spiro atoms. The van der Waals surface area contributed by atoms with E-state index >= 15 is 0 Å². The Hall–Kier alpha value is -1.16. The first-order valence-corrected chi connectivity index (χ1v) is 10.3. The molecule has 0 aromatic carbocycles. The molecule has 0 rings (SSSR count). The Labute approximate surface area is 119 Å². The largest absolute Gasteiger partial charge is 0.545 e. The van der Waals surface area contributed by atoms with Crippen molar-refractivity contribution < 1.29 is 13.9 Å². The van der Waals surface area contributed by atoms with E-state index in [0.29, 0.717) is 17.5 Å². The lowest BCUT2D eigenvalue weighted by atomic mass is 10.3. The van der Waals surface area contributed by atoms with Gasteiger partial charge in [0.05, 0.1) is 0 Å². The number of rotatable bonds is 10. The van der Waals surface area contributed by atoms with Crippen molar-refractivity contribution in [2.75, 3.05) is 0 Å². The third-order valence-electron chi connectivity index (χ3n) is 2.06. The Balaban J connectivity index is 4.63. The predicted octanol–water partition coefficient (Wildman–Crippen LogP) is 5.30. The molecular formula is C15H28O3Si. The van der Waals surface area contributed by atoms with Crippen molar-refractivity contribution in [1.29, 1.82) is 0 Å². The van der Waals surface area contributed by atoms with Crippen LogP contribution in [0.4, 0.5) is 0 Å². The molecule has 0 fully saturated rings. The fraction of sp³-hybridized carbons (Fsp3) is 0.600. The first-order valence-electron chi connectivity index (χ1n) is 6.87. The fourth-order valence-electron chi connectivity index (χ4n) is 1.24. The molecular weight excluding hydrogens is 256 g/mol. The SMILES string of the molecule is C=C(CCC)OC(=CO[Si](C)(C)C)OC(=C)CCC. The molecule has 0 unspecified atom stereocenters. The maximum Gasteiger partial charge on any atom is 0.324 e. The van der Waals surface area contributed by atoms with Crippen LogP contribution >= 0.6 is 0 Å². The number of allylic oxidation sites excluding steroid dienone is 2. The quantitative estimate of drug-likeness (QED) is 0.402. The van der Waals surface area contributed by atoms with Crippen LogP contribution in [-0.4, -0.2) is 8.32 Å². The minimum absolute atomic E-state index is 0.333. The van der Waals surface area contributed by atoms with Crippen LogP contribution in [0.15, 0.2) is 36.9 Å². The molecule has 0 aliphatic carbocycles. The molecule has 0 bridgehead atoms. The van der Waals surface area contributed by atoms with Gasteiger partial charge in [-0.2, -0.15) is 0 Å². The highest BCUT2D eigenvalue weighted by molar-refractivity contribution is 6.69. The number of hydrogen-bond donors (Lipinski definition) is 0. The molecule has 0 N–H and O–H groups in total. The number of ether oxygens (including phenoxy) is 2. The summed E-state index contributed by atoms with van der Waals surface area (Å²) in [4.78, 5) is 0. The molecule has 19 heavy (non-hydrogen) atoms. The maximum absolute atomic E-state index is 5.69. The third-order valence-corrected chi connectivity index (χ3v) is 2.88. The molecule has 3 nitrogen and oxygen atoms in total. The predicted molar refractivity (Wildman–Crippen MR) is 82.8 cm³/mol. The second kappa shape index (κ2) is 8.86. The van der Waals surface area contributed by atoms with E-state index in [9.17, 15) is 0 Å². The second-order valence-electron chi connectivity index (χ2n) is 5.45. The van der Waals surface area contributed by atoms with Crippen LogP contribution in [0, 0.1) is 0 Å². The van der Waals surface area contributed by atoms with Crippen LogP contribution in [-0.2, 0) is 13.9 Å². The molecule has 0 aromatic rings. The second-order valence-corrected chi connectivity index (χ2v) is 9.91. The zero-order chi connectivity index (χ0) is 14.9. The molecule has 0 aliphatic heterocycles. The van der Waals surface area contributed by atoms with Gasteiger partial charge >= 0.3 is 5.95 Å². The van der Waals surface area contributed by atoms with Gasteiger partial charge in [0.1, 0.15) is 17.8 Å². The van der Waals surface area contributed by atoms with Gasteiger partial charge in [0.15, 0.2) is 0 Å². The zero-order valence-corrected chi connectivity index (χ0v) is 14.0. The number of hydrogen-bond acceptors (Lipinski definition) is 3. The van der Waals surface area contributed by atoms with Crippen molar-refractivity contribution in [1.82, 2.24) is 0 Å². The van der Waals surface area contributed by atoms with Crippen molar-refractivity contribution in [3.63, 3.8) is 0 Å². The minimum Gasteiger partial charge on any atom is -0.545 e. The molecule has 0 radical (unpaired) electrons. The summed E-state index contributed by atoms with van der Waals surface area (Å²) in [5.41, 5.74) is 0. The Morgan fingerprint density at radius 1 is 0.947 bits per heavy atom. The van der Waals surface area contributed by atoms with Gasteiger partial charge in [-0.05, 0) is 32.5 Å². The van der Waals surface area contributed by atoms with Gasteiger partial charge in [-0.3, -0.25) is 0 Å². The highest BCUT2D eigenvalue weighted by Gasteiger charge is 2.15. The van der Waals surface area contributed by atoms with Crippen molar-refractivity contribution in [2.45, 2.75) is 59.2 Å². The van der Waals surface area contributed by atoms with E-state index in [1.807, 2.05) is 0 Å². The van der Waals surface area contributed by atoms with Gasteiger partial charge in [0.2, 0.25) is 8.32 Å². The van der Waals surface area contributed by atoms with Gasteiger partial charge in [-0.1, -0.05) is 27.0 Å². The van der Waals surface area contributed by atoms with Crippen LogP contribution in [0.5, 0.6) is 0 Å². The average molecular weight is 284 g/mol. The molecule has 0 aliphatic rings. The van der Waals surface area contributed by atoms with Crippen molar-refractivity contribution in [3.8, 4) is 0 Å². The Morgan fingerprint density at radius 2 is 1.37 bits per heavy atom. The Morgan fingerprint density at radius 3 is 1.68 bits per heavy atom. The first kappa shape index (κ1) is 17.8. The Kier molecular flexibility index (Phi) is 8.31. The lowest BCUT2D eigenvalue weighted by Gasteiger charge is -2.18. The van der Waals surface area contributed by atoms with Crippen molar-refractivity contribution >= 4 is 8.32 Å². The minimum atomic E-state index is -1.65. The summed E-state index contributed by atoms with van der Waals surface area (Å²) >= 11 is 0. The molecule has 110 valence electrons. The summed E-state index contributed by atoms with van der Waals surface area (Å²) in [5.74, 6) is 1.69. The monoisotopic (exact) mass is 284 g/mol. The molecule has 0 heterocycles. The van der Waals surface area contributed by atoms with E-state index in [2.05, 4.69) is 46.6 Å². The van der Waals surface area contributed by atoms with Crippen LogP contribution < -0.4 is 0 Å². The summed E-state index contributed by atoms with van der Waals surface area (Å²) in [5, 5.41) is 0. The van der Waals surface area contributed by atoms with E-state index in [1.165, 1.54) is 0 Å². The topological polar surface area (TPSA) is 27.7 Å². The van der Waals surface area contributed by atoms with Crippen LogP contribution in [0.3, 0.4) is 0 Å². The van der Waals surface area contributed by atoms with Crippen LogP contribution in [0.1, 0.15) is 39.5 Å². The van der Waals surface area contributed by atoms with Crippen LogP contribution in [0.2, 0.25) is 19.6 Å². The van der Waals surface area contributed by atoms with Crippen molar-refractivity contribution in [2.24, 2.45) is 0 Å². The average Bonchev–Trinajstić information content (AvgIpc) is 2.25. The van der Waals surface area contributed by atoms with Gasteiger partial charge in [-0.15, -0.1) is 0 Å². The summed E-state index contributed by atoms with van der Waals surface area (Å²) in [6.07, 6.45) is 5.11. The van der Waals surface area contributed by atoms with E-state index in [-0.39, 0.29) is 0 Å². The van der Waals surface area contributed by atoms with E-state index in [4.69, 9.17) is 13.9 Å². The van der Waals surface area contributed by atoms with Crippen molar-refractivity contribution in [3.05, 3.63) is 36.9 Å². The molecule has 0 atom stereocenters. The lowest BCUT2D eigenvalue weighted by Crippen LogP contribution is -2.22. The normalized spacial score (nSPS) is 10.6. The molecule has 0 saturated carbocycles. The van der Waals surface area contributed by atoms with Crippen LogP contribution in [0.25, 0.3) is 0 Å². The van der Waals surface area contributed by atoms with E-state index < -0.39 is 8.32 Å². The lowest BCUT2D eigenvalue weighted by molar-refractivity contribution is 0.0942. The molecule has 0 aromatic heterocycles.